The average Bonchev–Trinajstić information content (AvgIpc) is 2.46. The van der Waals surface area contributed by atoms with Crippen LogP contribution in [0.3, 0.4) is 0 Å². The van der Waals surface area contributed by atoms with Gasteiger partial charge >= 0.3 is 0 Å². The summed E-state index contributed by atoms with van der Waals surface area (Å²) in [6.45, 7) is 0. The van der Waals surface area contributed by atoms with E-state index in [1.54, 1.807) is 18.2 Å². The third-order valence-corrected chi connectivity index (χ3v) is 2.79. The molecule has 6 nitrogen and oxygen atoms in total. The first kappa shape index (κ1) is 13.5. The van der Waals surface area contributed by atoms with E-state index >= 15 is 0 Å². The molecule has 2 rings (SSSR count). The van der Waals surface area contributed by atoms with Gasteiger partial charge in [-0.1, -0.05) is 12.1 Å². The molecule has 102 valence electrons. The van der Waals surface area contributed by atoms with Gasteiger partial charge in [-0.2, -0.15) is 0 Å². The highest BCUT2D eigenvalue weighted by Gasteiger charge is 2.20. The summed E-state index contributed by atoms with van der Waals surface area (Å²) in [6.07, 6.45) is 0. The van der Waals surface area contributed by atoms with Crippen molar-refractivity contribution in [3.8, 4) is 11.5 Å². The Morgan fingerprint density at radius 3 is 2.55 bits per heavy atom. The molecule has 0 radical (unpaired) electrons. The van der Waals surface area contributed by atoms with Crippen LogP contribution >= 0.6 is 0 Å². The molecule has 0 saturated heterocycles. The second-order valence-electron chi connectivity index (χ2n) is 3.99. The van der Waals surface area contributed by atoms with Crippen molar-refractivity contribution in [3.63, 3.8) is 0 Å². The van der Waals surface area contributed by atoms with E-state index in [0.29, 0.717) is 5.75 Å². The van der Waals surface area contributed by atoms with E-state index in [9.17, 15) is 20.0 Å². The van der Waals surface area contributed by atoms with E-state index in [4.69, 9.17) is 4.74 Å². The summed E-state index contributed by atoms with van der Waals surface area (Å²) in [7, 11) is 1.42. The van der Waals surface area contributed by atoms with Gasteiger partial charge in [0.1, 0.15) is 11.5 Å². The topological polar surface area (TPSA) is 89.7 Å². The largest absolute Gasteiger partial charge is 0.507 e. The molecule has 0 aliphatic heterocycles. The molecule has 0 bridgehead atoms. The smallest absolute Gasteiger partial charge is 0.270 e. The number of ether oxygens (including phenoxy) is 1. The Bertz CT molecular complexity index is 681. The quantitative estimate of drug-likeness (QED) is 0.525. The normalized spacial score (nSPS) is 10.1. The first-order chi connectivity index (χ1) is 9.54. The molecule has 1 N–H and O–H groups in total. The maximum atomic E-state index is 12.4. The minimum Gasteiger partial charge on any atom is -0.507 e. The molecule has 2 aromatic rings. The molecular weight excluding hydrogens is 262 g/mol. The lowest BCUT2D eigenvalue weighted by atomic mass is 10.0. The third kappa shape index (κ3) is 2.44. The zero-order valence-electron chi connectivity index (χ0n) is 10.6. The van der Waals surface area contributed by atoms with Crippen LogP contribution in [0.5, 0.6) is 11.5 Å². The number of aromatic hydroxyl groups is 1. The van der Waals surface area contributed by atoms with Gasteiger partial charge in [-0.05, 0) is 18.2 Å². The van der Waals surface area contributed by atoms with Crippen LogP contribution in [0.2, 0.25) is 0 Å². The number of rotatable bonds is 4. The van der Waals surface area contributed by atoms with Crippen molar-refractivity contribution < 1.29 is 19.6 Å². The van der Waals surface area contributed by atoms with Crippen molar-refractivity contribution in [1.82, 2.24) is 0 Å². The number of non-ortho nitro benzene ring substituents is 1. The van der Waals surface area contributed by atoms with Crippen LogP contribution in [0.25, 0.3) is 0 Å². The molecule has 0 fully saturated rings. The zero-order chi connectivity index (χ0) is 14.7. The van der Waals surface area contributed by atoms with Gasteiger partial charge in [-0.25, -0.2) is 0 Å². The van der Waals surface area contributed by atoms with Crippen molar-refractivity contribution in [1.29, 1.82) is 0 Å². The number of nitro benzene ring substituents is 1. The van der Waals surface area contributed by atoms with E-state index in [0.717, 1.165) is 18.2 Å². The number of hydrogen-bond donors (Lipinski definition) is 1. The van der Waals surface area contributed by atoms with Crippen molar-refractivity contribution >= 4 is 11.5 Å². The predicted molar refractivity (Wildman–Crippen MR) is 71.2 cm³/mol. The van der Waals surface area contributed by atoms with Crippen LogP contribution in [0, 0.1) is 10.1 Å². The predicted octanol–water partition coefficient (Wildman–Crippen LogP) is 2.54. The monoisotopic (exact) mass is 273 g/mol. The van der Waals surface area contributed by atoms with Crippen molar-refractivity contribution in [3.05, 3.63) is 63.7 Å². The Kier molecular flexibility index (Phi) is 3.65. The highest BCUT2D eigenvalue weighted by molar-refractivity contribution is 6.12. The van der Waals surface area contributed by atoms with Crippen LogP contribution in [0.1, 0.15) is 15.9 Å². The summed E-state index contributed by atoms with van der Waals surface area (Å²) in [5, 5.41) is 20.5. The maximum Gasteiger partial charge on any atom is 0.270 e. The molecule has 0 aromatic heterocycles. The van der Waals surface area contributed by atoms with Gasteiger partial charge in [-0.3, -0.25) is 14.9 Å². The van der Waals surface area contributed by atoms with Gasteiger partial charge in [-0.15, -0.1) is 0 Å². The number of nitrogens with zero attached hydrogens (tertiary/aromatic N) is 1. The minimum absolute atomic E-state index is 0.135. The SMILES string of the molecule is COc1ccccc1C(=O)c1cc([N+](=O)[O-])ccc1O. The van der Waals surface area contributed by atoms with E-state index < -0.39 is 10.7 Å². The second kappa shape index (κ2) is 5.40. The third-order valence-electron chi connectivity index (χ3n) is 2.79. The first-order valence-electron chi connectivity index (χ1n) is 5.69. The molecule has 0 atom stereocenters. The number of para-hydroxylation sites is 1. The molecule has 0 unspecified atom stereocenters. The lowest BCUT2D eigenvalue weighted by Crippen LogP contribution is -2.05. The van der Waals surface area contributed by atoms with Crippen LogP contribution < -0.4 is 4.74 Å². The first-order valence-corrected chi connectivity index (χ1v) is 5.69. The van der Waals surface area contributed by atoms with Crippen LogP contribution in [0.15, 0.2) is 42.5 Å². The summed E-state index contributed by atoms with van der Waals surface area (Å²) in [4.78, 5) is 22.5. The number of methoxy groups -OCH3 is 1. The molecule has 0 aliphatic carbocycles. The van der Waals surface area contributed by atoms with Gasteiger partial charge in [0.05, 0.1) is 23.2 Å². The van der Waals surface area contributed by atoms with Gasteiger partial charge in [0.15, 0.2) is 0 Å². The standard InChI is InChI=1S/C14H11NO5/c1-20-13-5-3-2-4-10(13)14(17)11-8-9(15(18)19)6-7-12(11)16/h2-8,16H,1H3. The van der Waals surface area contributed by atoms with Gasteiger partial charge < -0.3 is 9.84 Å². The molecule has 0 heterocycles. The summed E-state index contributed by atoms with van der Waals surface area (Å²) >= 11 is 0. The Morgan fingerprint density at radius 2 is 1.90 bits per heavy atom. The highest BCUT2D eigenvalue weighted by Crippen LogP contribution is 2.28. The lowest BCUT2D eigenvalue weighted by molar-refractivity contribution is -0.384. The minimum atomic E-state index is -0.627. The van der Waals surface area contributed by atoms with Crippen LogP contribution in [-0.2, 0) is 0 Å². The van der Waals surface area contributed by atoms with E-state index in [2.05, 4.69) is 0 Å². The van der Waals surface area contributed by atoms with Crippen molar-refractivity contribution in [2.75, 3.05) is 7.11 Å². The maximum absolute atomic E-state index is 12.4. The summed E-state index contributed by atoms with van der Waals surface area (Å²) in [6, 6.07) is 9.77. The van der Waals surface area contributed by atoms with Crippen molar-refractivity contribution in [2.45, 2.75) is 0 Å². The van der Waals surface area contributed by atoms with Gasteiger partial charge in [0.2, 0.25) is 5.78 Å². The highest BCUT2D eigenvalue weighted by atomic mass is 16.6. The Labute approximate surface area is 114 Å². The Balaban J connectivity index is 2.53. The summed E-state index contributed by atoms with van der Waals surface area (Å²) in [5.74, 6) is -0.515. The number of phenols is 1. The Morgan fingerprint density at radius 1 is 1.20 bits per heavy atom. The molecule has 0 spiro atoms. The fourth-order valence-corrected chi connectivity index (χ4v) is 1.80. The van der Waals surface area contributed by atoms with Gasteiger partial charge in [0, 0.05) is 12.1 Å². The van der Waals surface area contributed by atoms with E-state index in [-0.39, 0.29) is 22.6 Å². The van der Waals surface area contributed by atoms with E-state index in [1.807, 2.05) is 0 Å². The number of ketones is 1. The average molecular weight is 273 g/mol. The number of carbonyl (C=O) groups is 1. The zero-order valence-corrected chi connectivity index (χ0v) is 10.6. The molecule has 2 aromatic carbocycles. The Hall–Kier alpha value is -2.89. The summed E-state index contributed by atoms with van der Waals surface area (Å²) < 4.78 is 5.07. The fourth-order valence-electron chi connectivity index (χ4n) is 1.80. The van der Waals surface area contributed by atoms with Crippen LogP contribution in [-0.4, -0.2) is 22.9 Å². The van der Waals surface area contributed by atoms with Gasteiger partial charge in [0.25, 0.3) is 5.69 Å². The fraction of sp³-hybridized carbons (Fsp3) is 0.0714. The van der Waals surface area contributed by atoms with Crippen LogP contribution in [0.4, 0.5) is 5.69 Å². The van der Waals surface area contributed by atoms with E-state index in [1.165, 1.54) is 13.2 Å². The number of nitro groups is 1. The number of phenolic OH excluding ortho intramolecular Hbond substituents is 1. The van der Waals surface area contributed by atoms with Crippen molar-refractivity contribution in [2.24, 2.45) is 0 Å². The second-order valence-corrected chi connectivity index (χ2v) is 3.99. The molecule has 0 saturated carbocycles. The molecular formula is C14H11NO5. The molecule has 0 aliphatic rings. The summed E-state index contributed by atoms with van der Waals surface area (Å²) in [5.41, 5.74) is -0.171. The molecule has 0 amide bonds. The lowest BCUT2D eigenvalue weighted by Gasteiger charge is -2.08. The molecule has 20 heavy (non-hydrogen) atoms. The number of benzene rings is 2. The molecule has 6 heteroatoms. The number of carbonyl (C=O) groups excluding carboxylic acids is 1. The number of hydrogen-bond acceptors (Lipinski definition) is 5.